The second-order valence-corrected chi connectivity index (χ2v) is 9.19. The van der Waals surface area contributed by atoms with Crippen LogP contribution in [0.1, 0.15) is 35.3 Å². The van der Waals surface area contributed by atoms with E-state index in [1.54, 1.807) is 24.5 Å². The monoisotopic (exact) mass is 565 g/mol. The summed E-state index contributed by atoms with van der Waals surface area (Å²) in [6, 6.07) is 13.0. The first kappa shape index (κ1) is 28.6. The van der Waals surface area contributed by atoms with Crippen LogP contribution in [0.3, 0.4) is 0 Å². The van der Waals surface area contributed by atoms with Crippen LogP contribution in [0.4, 0.5) is 35.2 Å². The Balaban J connectivity index is 0.00000181. The van der Waals surface area contributed by atoms with Crippen LogP contribution in [-0.2, 0) is 6.54 Å². The summed E-state index contributed by atoms with van der Waals surface area (Å²) in [6.07, 6.45) is 1.74. The standard InChI is InChI=1S/C27H20F3N5O2S.C2H6/c1-14-6-7-15(25(36)32-17-10-8-16(28)9-11-17)12-18(14)22-19-13-31-27(37)35(24(19)34-26(33-22)38-2)23-20(29)4-3-5-21(23)30;1-2/h3-12H,13H2,1-2H3,(H,31,37)(H,32,36);1-2H3. The van der Waals surface area contributed by atoms with Crippen LogP contribution in [-0.4, -0.2) is 28.2 Å². The maximum Gasteiger partial charge on any atom is 0.328 e. The van der Waals surface area contributed by atoms with E-state index in [4.69, 9.17) is 0 Å². The zero-order chi connectivity index (χ0) is 29.0. The van der Waals surface area contributed by atoms with Crippen molar-refractivity contribution in [3.05, 3.63) is 94.8 Å². The molecule has 0 saturated heterocycles. The molecule has 2 N–H and O–H groups in total. The minimum atomic E-state index is -0.922. The van der Waals surface area contributed by atoms with Crippen molar-refractivity contribution >= 4 is 40.9 Å². The maximum atomic E-state index is 14.7. The summed E-state index contributed by atoms with van der Waals surface area (Å²) in [7, 11) is 0. The van der Waals surface area contributed by atoms with Gasteiger partial charge in [-0.1, -0.05) is 37.7 Å². The number of thioether (sulfide) groups is 1. The lowest BCUT2D eigenvalue weighted by molar-refractivity contribution is 0.102. The molecule has 1 aromatic heterocycles. The molecule has 0 radical (unpaired) electrons. The van der Waals surface area contributed by atoms with E-state index in [1.807, 2.05) is 20.8 Å². The topological polar surface area (TPSA) is 87.2 Å². The lowest BCUT2D eigenvalue weighted by Crippen LogP contribution is -2.43. The van der Waals surface area contributed by atoms with Crippen LogP contribution < -0.4 is 15.5 Å². The van der Waals surface area contributed by atoms with Gasteiger partial charge in [0.1, 0.15) is 23.1 Å². The minimum absolute atomic E-state index is 0.0101. The third-order valence-corrected chi connectivity index (χ3v) is 6.54. The van der Waals surface area contributed by atoms with Gasteiger partial charge in [0.2, 0.25) is 0 Å². The molecule has 3 aromatic carbocycles. The van der Waals surface area contributed by atoms with E-state index in [-0.39, 0.29) is 17.5 Å². The molecule has 0 saturated carbocycles. The van der Waals surface area contributed by atoms with Crippen LogP contribution in [0.15, 0.2) is 65.8 Å². The fraction of sp³-hybridized carbons (Fsp3) is 0.172. The van der Waals surface area contributed by atoms with Gasteiger partial charge in [-0.25, -0.2) is 32.8 Å². The van der Waals surface area contributed by atoms with Crippen molar-refractivity contribution in [3.8, 4) is 11.3 Å². The first-order valence-corrected chi connectivity index (χ1v) is 13.6. The number of halogens is 3. The summed E-state index contributed by atoms with van der Waals surface area (Å²) in [6.45, 7) is 5.84. The molecule has 40 heavy (non-hydrogen) atoms. The van der Waals surface area contributed by atoms with Crippen molar-refractivity contribution in [2.24, 2.45) is 0 Å². The normalized spacial score (nSPS) is 12.2. The summed E-state index contributed by atoms with van der Waals surface area (Å²) in [5, 5.41) is 5.64. The Morgan fingerprint density at radius 3 is 2.33 bits per heavy atom. The molecule has 0 bridgehead atoms. The largest absolute Gasteiger partial charge is 0.333 e. The zero-order valence-corrected chi connectivity index (χ0v) is 23.0. The van der Waals surface area contributed by atoms with Crippen molar-refractivity contribution < 1.29 is 22.8 Å². The van der Waals surface area contributed by atoms with Crippen molar-refractivity contribution in [3.63, 3.8) is 0 Å². The number of urea groups is 1. The van der Waals surface area contributed by atoms with E-state index in [1.165, 1.54) is 42.1 Å². The van der Waals surface area contributed by atoms with Crippen molar-refractivity contribution in [2.45, 2.75) is 32.5 Å². The number of hydrogen-bond donors (Lipinski definition) is 2. The molecular formula is C29H26F3N5O2S. The molecule has 3 amide bonds. The number of aromatic nitrogens is 2. The summed E-state index contributed by atoms with van der Waals surface area (Å²) < 4.78 is 42.7. The number of amides is 3. The Morgan fingerprint density at radius 1 is 1.00 bits per heavy atom. The van der Waals surface area contributed by atoms with E-state index in [9.17, 15) is 22.8 Å². The SMILES string of the molecule is CC.CSc1nc(-c2cc(C(=O)Nc3ccc(F)cc3)ccc2C)c2c(n1)N(c1c(F)cccc1F)C(=O)NC2. The first-order valence-electron chi connectivity index (χ1n) is 12.4. The molecule has 4 aromatic rings. The van der Waals surface area contributed by atoms with E-state index in [0.717, 1.165) is 22.6 Å². The van der Waals surface area contributed by atoms with Gasteiger partial charge in [-0.2, -0.15) is 0 Å². The molecule has 0 unspecified atom stereocenters. The van der Waals surface area contributed by atoms with Crippen molar-refractivity contribution in [1.29, 1.82) is 0 Å². The van der Waals surface area contributed by atoms with Crippen molar-refractivity contribution in [1.82, 2.24) is 15.3 Å². The van der Waals surface area contributed by atoms with Gasteiger partial charge in [-0.05, 0) is 67.3 Å². The molecule has 0 fully saturated rings. The summed E-state index contributed by atoms with van der Waals surface area (Å²) >= 11 is 1.20. The zero-order valence-electron chi connectivity index (χ0n) is 22.2. The number of aryl methyl sites for hydroxylation is 1. The van der Waals surface area contributed by atoms with Gasteiger partial charge < -0.3 is 10.6 Å². The number of rotatable bonds is 5. The predicted octanol–water partition coefficient (Wildman–Crippen LogP) is 7.23. The molecule has 0 aliphatic carbocycles. The molecule has 1 aliphatic heterocycles. The molecule has 1 aliphatic rings. The molecule has 206 valence electrons. The number of fused-ring (bicyclic) bond motifs is 1. The second kappa shape index (κ2) is 12.2. The lowest BCUT2D eigenvalue weighted by atomic mass is 9.97. The molecule has 7 nitrogen and oxygen atoms in total. The Bertz CT molecular complexity index is 1560. The lowest BCUT2D eigenvalue weighted by Gasteiger charge is -2.30. The maximum absolute atomic E-state index is 14.7. The van der Waals surface area contributed by atoms with E-state index in [0.29, 0.717) is 28.1 Å². The van der Waals surface area contributed by atoms with Gasteiger partial charge in [-0.3, -0.25) is 4.79 Å². The first-order chi connectivity index (χ1) is 19.3. The van der Waals surface area contributed by atoms with Crippen LogP contribution in [0.25, 0.3) is 11.3 Å². The number of nitrogens with zero attached hydrogens (tertiary/aromatic N) is 3. The fourth-order valence-corrected chi connectivity index (χ4v) is 4.48. The van der Waals surface area contributed by atoms with Crippen molar-refractivity contribution in [2.75, 3.05) is 16.5 Å². The van der Waals surface area contributed by atoms with Gasteiger partial charge in [0.25, 0.3) is 5.91 Å². The van der Waals surface area contributed by atoms with Gasteiger partial charge in [0.15, 0.2) is 11.0 Å². The number of carbonyl (C=O) groups excluding carboxylic acids is 2. The highest BCUT2D eigenvalue weighted by molar-refractivity contribution is 7.98. The van der Waals surface area contributed by atoms with Gasteiger partial charge in [0, 0.05) is 22.4 Å². The minimum Gasteiger partial charge on any atom is -0.333 e. The quantitative estimate of drug-likeness (QED) is 0.197. The van der Waals surface area contributed by atoms with Crippen LogP contribution >= 0.6 is 11.8 Å². The molecule has 2 heterocycles. The highest BCUT2D eigenvalue weighted by atomic mass is 32.2. The highest BCUT2D eigenvalue weighted by Crippen LogP contribution is 2.39. The van der Waals surface area contributed by atoms with Crippen LogP contribution in [0, 0.1) is 24.4 Å². The average molecular weight is 566 g/mol. The Kier molecular flexibility index (Phi) is 8.73. The van der Waals surface area contributed by atoms with Crippen LogP contribution in [0.5, 0.6) is 0 Å². The number of para-hydroxylation sites is 1. The second-order valence-electron chi connectivity index (χ2n) is 8.42. The van der Waals surface area contributed by atoms with E-state index in [2.05, 4.69) is 20.6 Å². The molecule has 0 atom stereocenters. The average Bonchev–Trinajstić information content (AvgIpc) is 2.96. The van der Waals surface area contributed by atoms with Gasteiger partial charge >= 0.3 is 6.03 Å². The third-order valence-electron chi connectivity index (χ3n) is 6.00. The third kappa shape index (κ3) is 5.64. The Hall–Kier alpha value is -4.38. The smallest absolute Gasteiger partial charge is 0.328 e. The summed E-state index contributed by atoms with van der Waals surface area (Å²) in [4.78, 5) is 35.8. The number of hydrogen-bond acceptors (Lipinski definition) is 5. The molecule has 11 heteroatoms. The molecule has 5 rings (SSSR count). The van der Waals surface area contributed by atoms with Gasteiger partial charge in [0.05, 0.1) is 12.2 Å². The Labute approximate surface area is 233 Å². The molecular weight excluding hydrogens is 539 g/mol. The number of carbonyl (C=O) groups is 2. The van der Waals surface area contributed by atoms with Gasteiger partial charge in [-0.15, -0.1) is 0 Å². The predicted molar refractivity (Wildman–Crippen MR) is 150 cm³/mol. The summed E-state index contributed by atoms with van der Waals surface area (Å²) in [5.41, 5.74) is 2.39. The number of anilines is 3. The van der Waals surface area contributed by atoms with E-state index >= 15 is 0 Å². The number of benzene rings is 3. The summed E-state index contributed by atoms with van der Waals surface area (Å²) in [5.74, 6) is -2.64. The Morgan fingerprint density at radius 2 is 1.68 bits per heavy atom. The van der Waals surface area contributed by atoms with E-state index < -0.39 is 35.1 Å². The number of nitrogens with one attached hydrogen (secondary N) is 2. The fourth-order valence-electron chi connectivity index (χ4n) is 4.12. The van der Waals surface area contributed by atoms with Crippen LogP contribution in [0.2, 0.25) is 0 Å². The molecule has 0 spiro atoms. The highest BCUT2D eigenvalue weighted by Gasteiger charge is 2.34.